The summed E-state index contributed by atoms with van der Waals surface area (Å²) >= 11 is 0. The zero-order valence-electron chi connectivity index (χ0n) is 22.6. The first-order chi connectivity index (χ1) is 17.5. The topological polar surface area (TPSA) is 184 Å². The molecule has 12 nitrogen and oxygen atoms in total. The Morgan fingerprint density at radius 1 is 0.921 bits per heavy atom. The first-order valence-corrected chi connectivity index (χ1v) is 14.3. The van der Waals surface area contributed by atoms with Gasteiger partial charge in [-0.05, 0) is 18.8 Å². The fourth-order valence-corrected chi connectivity index (χ4v) is 4.67. The fraction of sp³-hybridized carbons (Fsp3) is 0.680. The van der Waals surface area contributed by atoms with Gasteiger partial charge in [0.1, 0.15) is 17.6 Å². The molecule has 0 spiro atoms. The van der Waals surface area contributed by atoms with Gasteiger partial charge in [0, 0.05) is 43.4 Å². The summed E-state index contributed by atoms with van der Waals surface area (Å²) in [5.41, 5.74) is 0. The predicted octanol–water partition coefficient (Wildman–Crippen LogP) is 0.806. The number of carbonyl (C=O) groups excluding carboxylic acids is 6. The standard InChI is InChI=1S/C25H39N3O9S/c1-15(2)23(19(29)13-17(5)24(33)16(3)4)27-25(34)18(14-38(35,36)37)26-20(30)9-7-6-8-12-28-21(31)10-11-22(28)32/h10-11,15-18,23H,6-9,12-14H2,1-5H3,(H,26,30)(H,27,34)(H,35,36,37)/t17-,18+,23+/m1/s1. The molecular weight excluding hydrogens is 518 g/mol. The minimum Gasteiger partial charge on any atom is -0.344 e. The van der Waals surface area contributed by atoms with E-state index in [1.165, 1.54) is 12.2 Å². The lowest BCUT2D eigenvalue weighted by Gasteiger charge is -2.25. The molecule has 1 aliphatic heterocycles. The van der Waals surface area contributed by atoms with Gasteiger partial charge in [-0.1, -0.05) is 41.0 Å². The summed E-state index contributed by atoms with van der Waals surface area (Å²) in [6.07, 6.45) is 3.45. The van der Waals surface area contributed by atoms with E-state index in [4.69, 9.17) is 0 Å². The van der Waals surface area contributed by atoms with E-state index >= 15 is 0 Å². The number of Topliss-reactive ketones (excluding diaryl/α,β-unsaturated/α-hetero) is 2. The lowest BCUT2D eigenvalue weighted by molar-refractivity contribution is -0.137. The van der Waals surface area contributed by atoms with Crippen molar-refractivity contribution in [1.82, 2.24) is 15.5 Å². The van der Waals surface area contributed by atoms with Crippen LogP contribution in [0.2, 0.25) is 0 Å². The van der Waals surface area contributed by atoms with Crippen molar-refractivity contribution in [2.45, 2.75) is 78.8 Å². The van der Waals surface area contributed by atoms with Crippen LogP contribution in [-0.4, -0.2) is 77.4 Å². The molecule has 0 bridgehead atoms. The first kappa shape index (κ1) is 33.1. The number of rotatable bonds is 17. The van der Waals surface area contributed by atoms with Crippen LogP contribution in [0.15, 0.2) is 12.2 Å². The summed E-state index contributed by atoms with van der Waals surface area (Å²) in [6.45, 7) is 8.62. The molecule has 0 aromatic carbocycles. The number of carbonyl (C=O) groups is 6. The van der Waals surface area contributed by atoms with E-state index < -0.39 is 63.3 Å². The number of nitrogens with one attached hydrogen (secondary N) is 2. The lowest BCUT2D eigenvalue weighted by Crippen LogP contribution is -2.55. The molecule has 0 saturated carbocycles. The van der Waals surface area contributed by atoms with Crippen LogP contribution in [0.3, 0.4) is 0 Å². The van der Waals surface area contributed by atoms with Crippen LogP contribution in [0.25, 0.3) is 0 Å². The molecule has 38 heavy (non-hydrogen) atoms. The molecule has 3 N–H and O–H groups in total. The summed E-state index contributed by atoms with van der Waals surface area (Å²) in [6, 6.07) is -2.68. The number of amides is 4. The summed E-state index contributed by atoms with van der Waals surface area (Å²) < 4.78 is 32.3. The average molecular weight is 558 g/mol. The zero-order chi connectivity index (χ0) is 29.2. The van der Waals surface area contributed by atoms with E-state index in [2.05, 4.69) is 10.6 Å². The predicted molar refractivity (Wildman–Crippen MR) is 138 cm³/mol. The van der Waals surface area contributed by atoms with E-state index in [1.54, 1.807) is 34.6 Å². The minimum absolute atomic E-state index is 0.0727. The Balaban J connectivity index is 2.72. The Labute approximate surface area is 223 Å². The number of ketones is 2. The Morgan fingerprint density at radius 3 is 2.00 bits per heavy atom. The molecule has 1 rings (SSSR count). The normalized spacial score (nSPS) is 16.1. The first-order valence-electron chi connectivity index (χ1n) is 12.7. The van der Waals surface area contributed by atoms with Crippen molar-refractivity contribution in [3.8, 4) is 0 Å². The van der Waals surface area contributed by atoms with Crippen LogP contribution in [0.5, 0.6) is 0 Å². The third-order valence-corrected chi connectivity index (χ3v) is 6.84. The summed E-state index contributed by atoms with van der Waals surface area (Å²) in [7, 11) is -4.66. The van der Waals surface area contributed by atoms with Crippen LogP contribution < -0.4 is 10.6 Å². The second-order valence-electron chi connectivity index (χ2n) is 10.2. The second-order valence-corrected chi connectivity index (χ2v) is 11.7. The number of nitrogens with zero attached hydrogens (tertiary/aromatic N) is 1. The highest BCUT2D eigenvalue weighted by Crippen LogP contribution is 2.15. The smallest absolute Gasteiger partial charge is 0.267 e. The Kier molecular flexibility index (Phi) is 12.9. The van der Waals surface area contributed by atoms with Gasteiger partial charge >= 0.3 is 0 Å². The molecule has 13 heteroatoms. The third kappa shape index (κ3) is 11.2. The van der Waals surface area contributed by atoms with E-state index in [1.807, 2.05) is 0 Å². The van der Waals surface area contributed by atoms with Crippen LogP contribution in [0.4, 0.5) is 0 Å². The fourth-order valence-electron chi connectivity index (χ4n) is 4.01. The van der Waals surface area contributed by atoms with Gasteiger partial charge in [0.2, 0.25) is 11.8 Å². The molecular formula is C25H39N3O9S. The molecule has 0 radical (unpaired) electrons. The van der Waals surface area contributed by atoms with E-state index in [0.717, 1.165) is 4.90 Å². The van der Waals surface area contributed by atoms with E-state index in [0.29, 0.717) is 19.3 Å². The van der Waals surface area contributed by atoms with Crippen LogP contribution in [-0.2, 0) is 38.9 Å². The highest BCUT2D eigenvalue weighted by Gasteiger charge is 2.32. The van der Waals surface area contributed by atoms with Gasteiger partial charge in [-0.25, -0.2) is 0 Å². The van der Waals surface area contributed by atoms with Crippen molar-refractivity contribution in [3.63, 3.8) is 0 Å². The second kappa shape index (κ2) is 14.9. The van der Waals surface area contributed by atoms with Crippen molar-refractivity contribution in [3.05, 3.63) is 12.2 Å². The van der Waals surface area contributed by atoms with Crippen molar-refractivity contribution in [1.29, 1.82) is 0 Å². The average Bonchev–Trinajstić information content (AvgIpc) is 3.11. The highest BCUT2D eigenvalue weighted by atomic mass is 32.2. The SMILES string of the molecule is CC(C)C(=O)[C@H](C)CC(=O)[C@@H](NC(=O)[C@H](CS(=O)(=O)O)NC(=O)CCCCCN1C(=O)C=CC1=O)C(C)C. The maximum atomic E-state index is 12.9. The summed E-state index contributed by atoms with van der Waals surface area (Å²) in [5, 5.41) is 4.76. The van der Waals surface area contributed by atoms with Gasteiger partial charge in [-0.3, -0.25) is 38.2 Å². The maximum Gasteiger partial charge on any atom is 0.267 e. The molecule has 214 valence electrons. The molecule has 0 unspecified atom stereocenters. The van der Waals surface area contributed by atoms with Crippen LogP contribution in [0.1, 0.15) is 66.7 Å². The molecule has 1 aliphatic rings. The summed E-state index contributed by atoms with van der Waals surface area (Å²) in [5.74, 6) is -5.20. The van der Waals surface area contributed by atoms with Gasteiger partial charge in [-0.2, -0.15) is 8.42 Å². The molecule has 4 amide bonds. The zero-order valence-corrected chi connectivity index (χ0v) is 23.4. The van der Waals surface area contributed by atoms with Gasteiger partial charge in [0.15, 0.2) is 5.78 Å². The number of hydrogen-bond acceptors (Lipinski definition) is 8. The van der Waals surface area contributed by atoms with Gasteiger partial charge < -0.3 is 10.6 Å². The lowest BCUT2D eigenvalue weighted by atomic mass is 9.88. The quantitative estimate of drug-likeness (QED) is 0.132. The Morgan fingerprint density at radius 2 is 1.50 bits per heavy atom. The van der Waals surface area contributed by atoms with Crippen molar-refractivity contribution in [2.75, 3.05) is 12.3 Å². The molecule has 0 aromatic heterocycles. The third-order valence-electron chi connectivity index (χ3n) is 6.09. The molecule has 0 aromatic rings. The van der Waals surface area contributed by atoms with Crippen LogP contribution in [0, 0.1) is 17.8 Å². The Bertz CT molecular complexity index is 1030. The summed E-state index contributed by atoms with van der Waals surface area (Å²) in [4.78, 5) is 74.5. The minimum atomic E-state index is -4.66. The van der Waals surface area contributed by atoms with Gasteiger partial charge in [-0.15, -0.1) is 0 Å². The number of imide groups is 1. The number of hydrogen-bond donors (Lipinski definition) is 3. The van der Waals surface area contributed by atoms with E-state index in [9.17, 15) is 41.7 Å². The molecule has 3 atom stereocenters. The van der Waals surface area contributed by atoms with Crippen molar-refractivity contribution >= 4 is 45.3 Å². The molecule has 0 saturated heterocycles. The molecule has 1 heterocycles. The van der Waals surface area contributed by atoms with Crippen molar-refractivity contribution in [2.24, 2.45) is 17.8 Å². The monoisotopic (exact) mass is 557 g/mol. The molecule has 0 fully saturated rings. The van der Waals surface area contributed by atoms with Gasteiger partial charge in [0.25, 0.3) is 21.9 Å². The van der Waals surface area contributed by atoms with Crippen molar-refractivity contribution < 1.29 is 41.7 Å². The van der Waals surface area contributed by atoms with Gasteiger partial charge in [0.05, 0.1) is 6.04 Å². The highest BCUT2D eigenvalue weighted by molar-refractivity contribution is 7.85. The Hall–Kier alpha value is -2.93. The number of unbranched alkanes of at least 4 members (excludes halogenated alkanes) is 2. The molecule has 0 aliphatic carbocycles. The largest absolute Gasteiger partial charge is 0.344 e. The van der Waals surface area contributed by atoms with Crippen LogP contribution >= 0.6 is 0 Å². The van der Waals surface area contributed by atoms with E-state index in [-0.39, 0.29) is 37.0 Å². The maximum absolute atomic E-state index is 12.9.